The van der Waals surface area contributed by atoms with Gasteiger partial charge in [0.2, 0.25) is 10.0 Å². The van der Waals surface area contributed by atoms with Gasteiger partial charge >= 0.3 is 0 Å². The molecule has 1 aliphatic heterocycles. The highest BCUT2D eigenvalue weighted by molar-refractivity contribution is 7.89. The molecule has 7 heteroatoms. The summed E-state index contributed by atoms with van der Waals surface area (Å²) in [6, 6.07) is 4.69. The largest absolute Gasteiger partial charge is 0.303 e. The molecule has 1 aromatic rings. The van der Waals surface area contributed by atoms with E-state index in [-0.39, 0.29) is 16.6 Å². The molecule has 1 aromatic heterocycles. The number of nitrogens with zero attached hydrogens (tertiary/aromatic N) is 4. The van der Waals surface area contributed by atoms with Gasteiger partial charge in [0.25, 0.3) is 0 Å². The van der Waals surface area contributed by atoms with Crippen molar-refractivity contribution in [2.75, 3.05) is 26.7 Å². The number of hydrogen-bond acceptors (Lipinski definition) is 5. The van der Waals surface area contributed by atoms with Crippen LogP contribution in [0.5, 0.6) is 0 Å². The van der Waals surface area contributed by atoms with Gasteiger partial charge in [0.1, 0.15) is 11.0 Å². The van der Waals surface area contributed by atoms with Crippen LogP contribution in [0.15, 0.2) is 23.2 Å². The molecular weight excluding hydrogens is 264 g/mol. The monoisotopic (exact) mass is 280 g/mol. The molecule has 2 rings (SSSR count). The minimum atomic E-state index is -3.66. The zero-order valence-electron chi connectivity index (χ0n) is 10.9. The summed E-state index contributed by atoms with van der Waals surface area (Å²) in [6.07, 6.45) is 1.42. The van der Waals surface area contributed by atoms with Crippen LogP contribution in [-0.2, 0) is 10.0 Å². The van der Waals surface area contributed by atoms with E-state index in [0.717, 1.165) is 0 Å². The first-order valence-corrected chi connectivity index (χ1v) is 7.46. The predicted octanol–water partition coefficient (Wildman–Crippen LogP) is 0.278. The van der Waals surface area contributed by atoms with Gasteiger partial charge in [-0.1, -0.05) is 0 Å². The van der Waals surface area contributed by atoms with E-state index in [1.807, 2.05) is 20.0 Å². The number of aromatic nitrogens is 1. The maximum absolute atomic E-state index is 12.6. The van der Waals surface area contributed by atoms with Crippen molar-refractivity contribution in [1.29, 1.82) is 5.26 Å². The van der Waals surface area contributed by atoms with Crippen LogP contribution in [0.2, 0.25) is 0 Å². The molecule has 0 aliphatic carbocycles. The highest BCUT2D eigenvalue weighted by Gasteiger charge is 2.34. The first-order chi connectivity index (χ1) is 8.96. The molecule has 0 bridgehead atoms. The van der Waals surface area contributed by atoms with Crippen LogP contribution < -0.4 is 0 Å². The van der Waals surface area contributed by atoms with Crippen LogP contribution in [0.4, 0.5) is 0 Å². The van der Waals surface area contributed by atoms with Gasteiger partial charge in [-0.25, -0.2) is 13.4 Å². The molecule has 0 spiro atoms. The second kappa shape index (κ2) is 5.25. The normalized spacial score (nSPS) is 22.1. The van der Waals surface area contributed by atoms with Crippen LogP contribution in [0.3, 0.4) is 0 Å². The molecule has 2 heterocycles. The summed E-state index contributed by atoms with van der Waals surface area (Å²) in [5.74, 6) is 0. The average molecular weight is 280 g/mol. The summed E-state index contributed by atoms with van der Waals surface area (Å²) in [5.41, 5.74) is -0.0476. The maximum atomic E-state index is 12.6. The number of rotatable bonds is 2. The molecule has 0 radical (unpaired) electrons. The standard InChI is InChI=1S/C12H16N4O2S/c1-10-9-15(2)6-7-16(10)19(17,18)12-4-3-5-14-11(12)8-13/h3-5,10H,6-7,9H2,1-2H3. The van der Waals surface area contributed by atoms with Gasteiger partial charge in [-0.05, 0) is 26.1 Å². The number of hydrogen-bond donors (Lipinski definition) is 0. The SMILES string of the molecule is CC1CN(C)CCN1S(=O)(=O)c1cccnc1C#N. The summed E-state index contributed by atoms with van der Waals surface area (Å²) in [4.78, 5) is 5.90. The van der Waals surface area contributed by atoms with Crippen LogP contribution in [-0.4, -0.2) is 55.3 Å². The highest BCUT2D eigenvalue weighted by atomic mass is 32.2. The van der Waals surface area contributed by atoms with E-state index in [0.29, 0.717) is 19.6 Å². The van der Waals surface area contributed by atoms with Crippen molar-refractivity contribution in [3.63, 3.8) is 0 Å². The third kappa shape index (κ3) is 2.61. The van der Waals surface area contributed by atoms with Crippen LogP contribution in [0, 0.1) is 11.3 Å². The lowest BCUT2D eigenvalue weighted by Crippen LogP contribution is -2.52. The van der Waals surface area contributed by atoms with Crippen LogP contribution >= 0.6 is 0 Å². The van der Waals surface area contributed by atoms with Crippen molar-refractivity contribution >= 4 is 10.0 Å². The van der Waals surface area contributed by atoms with Gasteiger partial charge in [0.15, 0.2) is 5.69 Å². The third-order valence-corrected chi connectivity index (χ3v) is 5.28. The second-order valence-corrected chi connectivity index (χ2v) is 6.55. The van der Waals surface area contributed by atoms with Crippen LogP contribution in [0.25, 0.3) is 0 Å². The fourth-order valence-corrected chi connectivity index (χ4v) is 4.00. The zero-order chi connectivity index (χ0) is 14.0. The fraction of sp³-hybridized carbons (Fsp3) is 0.500. The van der Waals surface area contributed by atoms with E-state index in [2.05, 4.69) is 9.88 Å². The maximum Gasteiger partial charge on any atom is 0.246 e. The van der Waals surface area contributed by atoms with E-state index >= 15 is 0 Å². The van der Waals surface area contributed by atoms with Crippen molar-refractivity contribution in [2.24, 2.45) is 0 Å². The lowest BCUT2D eigenvalue weighted by atomic mass is 10.2. The lowest BCUT2D eigenvalue weighted by molar-refractivity contribution is 0.170. The molecule has 0 N–H and O–H groups in total. The average Bonchev–Trinajstić information content (AvgIpc) is 2.38. The number of likely N-dealkylation sites (N-methyl/N-ethyl adjacent to an activating group) is 1. The molecule has 102 valence electrons. The number of sulfonamides is 1. The topological polar surface area (TPSA) is 77.3 Å². The van der Waals surface area contributed by atoms with E-state index < -0.39 is 10.0 Å². The van der Waals surface area contributed by atoms with E-state index in [9.17, 15) is 8.42 Å². The van der Waals surface area contributed by atoms with Gasteiger partial charge in [-0.15, -0.1) is 0 Å². The zero-order valence-corrected chi connectivity index (χ0v) is 11.8. The molecule has 6 nitrogen and oxygen atoms in total. The summed E-state index contributed by atoms with van der Waals surface area (Å²) >= 11 is 0. The number of nitriles is 1. The lowest BCUT2D eigenvalue weighted by Gasteiger charge is -2.37. The summed E-state index contributed by atoms with van der Waals surface area (Å²) < 4.78 is 26.6. The first kappa shape index (κ1) is 13.9. The molecule has 1 atom stereocenters. The Kier molecular flexibility index (Phi) is 3.85. The Labute approximate surface area is 113 Å². The van der Waals surface area contributed by atoms with E-state index in [1.54, 1.807) is 0 Å². The Balaban J connectivity index is 2.41. The molecule has 1 fully saturated rings. The molecule has 0 amide bonds. The van der Waals surface area contributed by atoms with Crippen molar-refractivity contribution in [1.82, 2.24) is 14.2 Å². The van der Waals surface area contributed by atoms with Gasteiger partial charge in [0.05, 0.1) is 0 Å². The van der Waals surface area contributed by atoms with E-state index in [4.69, 9.17) is 5.26 Å². The predicted molar refractivity (Wildman–Crippen MR) is 69.8 cm³/mol. The van der Waals surface area contributed by atoms with E-state index in [1.165, 1.54) is 22.6 Å². The molecule has 1 aliphatic rings. The summed E-state index contributed by atoms with van der Waals surface area (Å²) in [6.45, 7) is 3.67. The van der Waals surface area contributed by atoms with Gasteiger partial charge in [0, 0.05) is 31.9 Å². The Hall–Kier alpha value is -1.49. The Morgan fingerprint density at radius 2 is 2.21 bits per heavy atom. The van der Waals surface area contributed by atoms with Gasteiger partial charge in [-0.3, -0.25) is 0 Å². The Morgan fingerprint density at radius 3 is 2.84 bits per heavy atom. The third-order valence-electron chi connectivity index (χ3n) is 3.23. The molecule has 0 saturated carbocycles. The quantitative estimate of drug-likeness (QED) is 0.777. The number of piperazine rings is 1. The summed E-state index contributed by atoms with van der Waals surface area (Å²) in [7, 11) is -1.69. The van der Waals surface area contributed by atoms with Crippen molar-refractivity contribution in [3.05, 3.63) is 24.0 Å². The Bertz CT molecular complexity index is 608. The van der Waals surface area contributed by atoms with Gasteiger partial charge < -0.3 is 4.90 Å². The highest BCUT2D eigenvalue weighted by Crippen LogP contribution is 2.22. The molecule has 1 saturated heterocycles. The molecule has 1 unspecified atom stereocenters. The summed E-state index contributed by atoms with van der Waals surface area (Å²) in [5, 5.41) is 8.98. The molecule has 19 heavy (non-hydrogen) atoms. The van der Waals surface area contributed by atoms with Crippen molar-refractivity contribution in [2.45, 2.75) is 17.9 Å². The Morgan fingerprint density at radius 1 is 1.47 bits per heavy atom. The van der Waals surface area contributed by atoms with Crippen molar-refractivity contribution in [3.8, 4) is 6.07 Å². The minimum Gasteiger partial charge on any atom is -0.303 e. The second-order valence-electron chi connectivity index (χ2n) is 4.69. The first-order valence-electron chi connectivity index (χ1n) is 6.02. The fourth-order valence-electron chi connectivity index (χ4n) is 2.29. The number of pyridine rings is 1. The molecular formula is C12H16N4O2S. The smallest absolute Gasteiger partial charge is 0.246 e. The van der Waals surface area contributed by atoms with Crippen LogP contribution in [0.1, 0.15) is 12.6 Å². The minimum absolute atomic E-state index is 0.00565. The van der Waals surface area contributed by atoms with Gasteiger partial charge in [-0.2, -0.15) is 9.57 Å². The van der Waals surface area contributed by atoms with Crippen molar-refractivity contribution < 1.29 is 8.42 Å². The molecule has 0 aromatic carbocycles.